The number of hydrogen-bond donors (Lipinski definition) is 2. The number of alkyl halides is 3. The Labute approximate surface area is 177 Å². The van der Waals surface area contributed by atoms with Gasteiger partial charge in [0.05, 0.1) is 24.4 Å². The van der Waals surface area contributed by atoms with Crippen LogP contribution in [0, 0.1) is 0 Å². The first kappa shape index (κ1) is 22.1. The van der Waals surface area contributed by atoms with Crippen LogP contribution >= 0.6 is 0 Å². The number of nitrogens with zero attached hydrogens (tertiary/aromatic N) is 1. The fourth-order valence-electron chi connectivity index (χ4n) is 2.96. The van der Waals surface area contributed by atoms with Crippen molar-refractivity contribution in [1.82, 2.24) is 5.43 Å². The number of hydrazone groups is 1. The molecule has 0 saturated heterocycles. The fraction of sp³-hybridized carbons (Fsp3) is 0.217. The Hall–Kier alpha value is -3.55. The van der Waals surface area contributed by atoms with E-state index in [1.165, 1.54) is 18.3 Å². The molecule has 0 radical (unpaired) electrons. The molecule has 0 aliphatic carbocycles. The lowest BCUT2D eigenvalue weighted by Gasteiger charge is -2.14. The lowest BCUT2D eigenvalue weighted by molar-refractivity contribution is -0.137. The van der Waals surface area contributed by atoms with Gasteiger partial charge in [0.25, 0.3) is 5.91 Å². The minimum absolute atomic E-state index is 0.0421. The number of anilines is 1. The van der Waals surface area contributed by atoms with Crippen LogP contribution in [-0.4, -0.2) is 24.8 Å². The number of hydrogen-bond acceptors (Lipinski definition) is 4. The first-order valence-corrected chi connectivity index (χ1v) is 9.65. The minimum atomic E-state index is -4.45. The van der Waals surface area contributed by atoms with Crippen LogP contribution in [0.1, 0.15) is 25.0 Å². The van der Waals surface area contributed by atoms with Crippen molar-refractivity contribution >= 4 is 28.6 Å². The van der Waals surface area contributed by atoms with E-state index < -0.39 is 17.6 Å². The van der Waals surface area contributed by atoms with Gasteiger partial charge in [-0.25, -0.2) is 5.43 Å². The number of nitrogens with one attached hydrogen (secondary N) is 2. The van der Waals surface area contributed by atoms with Gasteiger partial charge in [0, 0.05) is 11.3 Å². The fourth-order valence-corrected chi connectivity index (χ4v) is 2.96. The van der Waals surface area contributed by atoms with Crippen molar-refractivity contribution in [3.8, 4) is 5.75 Å². The number of rotatable bonds is 7. The molecule has 1 amide bonds. The SMILES string of the molecule is CC(C)Oc1ccc2ccccc2c1/C=N\NC(=O)CNc1cccc(C(F)(F)F)c1. The monoisotopic (exact) mass is 429 g/mol. The molecule has 0 heterocycles. The lowest BCUT2D eigenvalue weighted by Crippen LogP contribution is -2.26. The number of carbonyl (C=O) groups excluding carboxylic acids is 1. The normalized spacial score (nSPS) is 11.8. The third kappa shape index (κ3) is 5.97. The maximum Gasteiger partial charge on any atom is 0.416 e. The highest BCUT2D eigenvalue weighted by Gasteiger charge is 2.30. The van der Waals surface area contributed by atoms with Crippen molar-refractivity contribution in [2.45, 2.75) is 26.1 Å². The van der Waals surface area contributed by atoms with E-state index in [1.54, 1.807) is 0 Å². The van der Waals surface area contributed by atoms with Gasteiger partial charge >= 0.3 is 6.18 Å². The molecule has 3 aromatic rings. The summed E-state index contributed by atoms with van der Waals surface area (Å²) >= 11 is 0. The zero-order valence-electron chi connectivity index (χ0n) is 17.0. The van der Waals surface area contributed by atoms with Gasteiger partial charge in [-0.3, -0.25) is 4.79 Å². The van der Waals surface area contributed by atoms with E-state index in [1.807, 2.05) is 50.2 Å². The van der Waals surface area contributed by atoms with Crippen LogP contribution in [-0.2, 0) is 11.0 Å². The van der Waals surface area contributed by atoms with Crippen LogP contribution in [0.25, 0.3) is 10.8 Å². The number of amides is 1. The second-order valence-corrected chi connectivity index (χ2v) is 7.09. The van der Waals surface area contributed by atoms with Crippen LogP contribution in [0.2, 0.25) is 0 Å². The highest BCUT2D eigenvalue weighted by atomic mass is 19.4. The predicted molar refractivity (Wildman–Crippen MR) is 115 cm³/mol. The molecule has 162 valence electrons. The number of ether oxygens (including phenoxy) is 1. The Morgan fingerprint density at radius 1 is 1.10 bits per heavy atom. The van der Waals surface area contributed by atoms with Gasteiger partial charge in [0.2, 0.25) is 0 Å². The maximum absolute atomic E-state index is 12.8. The lowest BCUT2D eigenvalue weighted by atomic mass is 10.0. The molecule has 0 spiro atoms. The standard InChI is InChI=1S/C23H22F3N3O2/c1-15(2)31-21-11-10-16-6-3-4-9-19(16)20(21)13-28-29-22(30)14-27-18-8-5-7-17(12-18)23(24,25)26/h3-13,15,27H,14H2,1-2H3,(H,29,30)/b28-13-. The van der Waals surface area contributed by atoms with Gasteiger partial charge in [-0.2, -0.15) is 18.3 Å². The van der Waals surface area contributed by atoms with Crippen molar-refractivity contribution in [3.05, 3.63) is 71.8 Å². The first-order chi connectivity index (χ1) is 14.7. The van der Waals surface area contributed by atoms with Gasteiger partial charge in [0.15, 0.2) is 0 Å². The average molecular weight is 429 g/mol. The predicted octanol–water partition coefficient (Wildman–Crippen LogP) is 5.21. The highest BCUT2D eigenvalue weighted by Crippen LogP contribution is 2.30. The Morgan fingerprint density at radius 2 is 1.87 bits per heavy atom. The highest BCUT2D eigenvalue weighted by molar-refractivity contribution is 6.02. The molecule has 3 rings (SSSR count). The number of carbonyl (C=O) groups is 1. The van der Waals surface area contributed by atoms with E-state index >= 15 is 0 Å². The first-order valence-electron chi connectivity index (χ1n) is 9.65. The molecule has 31 heavy (non-hydrogen) atoms. The molecule has 0 aliphatic rings. The topological polar surface area (TPSA) is 62.7 Å². The summed E-state index contributed by atoms with van der Waals surface area (Å²) in [6.07, 6.45) is -2.99. The van der Waals surface area contributed by atoms with E-state index in [4.69, 9.17) is 4.74 Å². The van der Waals surface area contributed by atoms with Gasteiger partial charge in [-0.1, -0.05) is 36.4 Å². The molecule has 0 fully saturated rings. The summed E-state index contributed by atoms with van der Waals surface area (Å²) in [5.41, 5.74) is 2.50. The zero-order valence-corrected chi connectivity index (χ0v) is 17.0. The Morgan fingerprint density at radius 3 is 2.61 bits per heavy atom. The summed E-state index contributed by atoms with van der Waals surface area (Å²) in [6, 6.07) is 16.2. The van der Waals surface area contributed by atoms with Crippen LogP contribution in [0.5, 0.6) is 5.75 Å². The van der Waals surface area contributed by atoms with Gasteiger partial charge < -0.3 is 10.1 Å². The second-order valence-electron chi connectivity index (χ2n) is 7.09. The summed E-state index contributed by atoms with van der Waals surface area (Å²) in [6.45, 7) is 3.60. The summed E-state index contributed by atoms with van der Waals surface area (Å²) in [5.74, 6) is 0.133. The molecule has 5 nitrogen and oxygen atoms in total. The third-order valence-electron chi connectivity index (χ3n) is 4.32. The van der Waals surface area contributed by atoms with Crippen molar-refractivity contribution in [1.29, 1.82) is 0 Å². The van der Waals surface area contributed by atoms with Crippen LogP contribution in [0.15, 0.2) is 65.8 Å². The van der Waals surface area contributed by atoms with Crippen LogP contribution < -0.4 is 15.5 Å². The van der Waals surface area contributed by atoms with E-state index in [2.05, 4.69) is 15.8 Å². The Balaban J connectivity index is 1.68. The van der Waals surface area contributed by atoms with Crippen LogP contribution in [0.4, 0.5) is 18.9 Å². The number of fused-ring (bicyclic) bond motifs is 1. The largest absolute Gasteiger partial charge is 0.490 e. The van der Waals surface area contributed by atoms with Gasteiger partial charge in [-0.15, -0.1) is 0 Å². The van der Waals surface area contributed by atoms with E-state index in [0.29, 0.717) is 5.75 Å². The smallest absolute Gasteiger partial charge is 0.416 e. The zero-order chi connectivity index (χ0) is 22.4. The molecule has 0 bridgehead atoms. The maximum atomic E-state index is 12.8. The molecular weight excluding hydrogens is 407 g/mol. The van der Waals surface area contributed by atoms with Gasteiger partial charge in [0.1, 0.15) is 5.75 Å². The average Bonchev–Trinajstić information content (AvgIpc) is 2.73. The molecule has 0 atom stereocenters. The number of benzene rings is 3. The second kappa shape index (κ2) is 9.51. The Kier molecular flexibility index (Phi) is 6.79. The number of halogens is 3. The summed E-state index contributed by atoms with van der Waals surface area (Å²) in [5, 5.41) is 8.58. The van der Waals surface area contributed by atoms with Crippen molar-refractivity contribution < 1.29 is 22.7 Å². The van der Waals surface area contributed by atoms with E-state index in [9.17, 15) is 18.0 Å². The summed E-state index contributed by atoms with van der Waals surface area (Å²) in [7, 11) is 0. The van der Waals surface area contributed by atoms with Crippen molar-refractivity contribution in [2.24, 2.45) is 5.10 Å². The minimum Gasteiger partial charge on any atom is -0.490 e. The molecular formula is C23H22F3N3O2. The Bertz CT molecular complexity index is 1090. The molecule has 8 heteroatoms. The molecule has 0 aromatic heterocycles. The summed E-state index contributed by atoms with van der Waals surface area (Å²) < 4.78 is 44.2. The van der Waals surface area contributed by atoms with Crippen LogP contribution in [0.3, 0.4) is 0 Å². The quantitative estimate of drug-likeness (QED) is 0.400. The van der Waals surface area contributed by atoms with Crippen molar-refractivity contribution in [3.63, 3.8) is 0 Å². The molecule has 0 saturated carbocycles. The molecule has 3 aromatic carbocycles. The van der Waals surface area contributed by atoms with E-state index in [-0.39, 0.29) is 18.3 Å². The molecule has 0 unspecified atom stereocenters. The van der Waals surface area contributed by atoms with Gasteiger partial charge in [-0.05, 0) is 48.9 Å². The summed E-state index contributed by atoms with van der Waals surface area (Å²) in [4.78, 5) is 12.1. The van der Waals surface area contributed by atoms with E-state index in [0.717, 1.165) is 28.5 Å². The third-order valence-corrected chi connectivity index (χ3v) is 4.32. The molecule has 0 aliphatic heterocycles. The molecule has 2 N–H and O–H groups in total. The van der Waals surface area contributed by atoms with Crippen molar-refractivity contribution in [2.75, 3.05) is 11.9 Å².